The number of hydrogen-bond donors (Lipinski definition) is 1. The first-order valence-corrected chi connectivity index (χ1v) is 7.42. The smallest absolute Gasteiger partial charge is 0.155 e. The van der Waals surface area contributed by atoms with E-state index in [2.05, 4.69) is 26.1 Å². The van der Waals surface area contributed by atoms with Crippen molar-refractivity contribution < 1.29 is 0 Å². The SMILES string of the molecule is NCc1ccnnc1N1CCN(c2cccc(Cl)c2)CC1. The van der Waals surface area contributed by atoms with Gasteiger partial charge in [-0.05, 0) is 24.3 Å². The highest BCUT2D eigenvalue weighted by Gasteiger charge is 2.20. The van der Waals surface area contributed by atoms with E-state index in [9.17, 15) is 0 Å². The van der Waals surface area contributed by atoms with Crippen molar-refractivity contribution in [2.45, 2.75) is 6.54 Å². The van der Waals surface area contributed by atoms with E-state index in [1.807, 2.05) is 24.3 Å². The van der Waals surface area contributed by atoms with Crippen LogP contribution >= 0.6 is 11.6 Å². The molecule has 0 aliphatic carbocycles. The Kier molecular flexibility index (Phi) is 4.22. The van der Waals surface area contributed by atoms with Gasteiger partial charge < -0.3 is 15.5 Å². The number of nitrogens with zero attached hydrogens (tertiary/aromatic N) is 4. The largest absolute Gasteiger partial charge is 0.368 e. The van der Waals surface area contributed by atoms with Gasteiger partial charge in [-0.2, -0.15) is 5.10 Å². The lowest BCUT2D eigenvalue weighted by Gasteiger charge is -2.37. The van der Waals surface area contributed by atoms with Crippen LogP contribution < -0.4 is 15.5 Å². The molecule has 1 aliphatic rings. The highest BCUT2D eigenvalue weighted by molar-refractivity contribution is 6.30. The van der Waals surface area contributed by atoms with Gasteiger partial charge in [0.25, 0.3) is 0 Å². The molecular weight excluding hydrogens is 286 g/mol. The number of piperazine rings is 1. The second-order valence-corrected chi connectivity index (χ2v) is 5.47. The van der Waals surface area contributed by atoms with Gasteiger partial charge >= 0.3 is 0 Å². The van der Waals surface area contributed by atoms with E-state index in [1.54, 1.807) is 6.20 Å². The summed E-state index contributed by atoms with van der Waals surface area (Å²) in [5, 5.41) is 8.99. The quantitative estimate of drug-likeness (QED) is 0.939. The molecule has 6 heteroatoms. The van der Waals surface area contributed by atoms with Crippen molar-refractivity contribution in [3.8, 4) is 0 Å². The standard InChI is InChI=1S/C15H18ClN5/c16-13-2-1-3-14(10-13)20-6-8-21(9-7-20)15-12(11-17)4-5-18-19-15/h1-5,10H,6-9,11,17H2. The van der Waals surface area contributed by atoms with E-state index in [4.69, 9.17) is 17.3 Å². The van der Waals surface area contributed by atoms with E-state index in [0.29, 0.717) is 6.54 Å². The molecule has 3 rings (SSSR count). The Labute approximate surface area is 129 Å². The van der Waals surface area contributed by atoms with Crippen LogP contribution in [0.15, 0.2) is 36.5 Å². The average Bonchev–Trinajstić information content (AvgIpc) is 2.55. The summed E-state index contributed by atoms with van der Waals surface area (Å²) in [4.78, 5) is 4.58. The molecule has 0 unspecified atom stereocenters. The first-order valence-electron chi connectivity index (χ1n) is 7.04. The first kappa shape index (κ1) is 14.1. The third kappa shape index (κ3) is 3.09. The van der Waals surface area contributed by atoms with E-state index in [0.717, 1.165) is 42.6 Å². The van der Waals surface area contributed by atoms with Gasteiger partial charge in [-0.1, -0.05) is 17.7 Å². The highest BCUT2D eigenvalue weighted by atomic mass is 35.5. The summed E-state index contributed by atoms with van der Waals surface area (Å²) in [7, 11) is 0. The number of benzene rings is 1. The molecule has 2 aromatic rings. The van der Waals surface area contributed by atoms with Crippen LogP contribution in [0.25, 0.3) is 0 Å². The molecule has 0 spiro atoms. The number of aromatic nitrogens is 2. The second kappa shape index (κ2) is 6.28. The van der Waals surface area contributed by atoms with Crippen molar-refractivity contribution in [3.63, 3.8) is 0 Å². The maximum absolute atomic E-state index is 6.06. The normalized spacial score (nSPS) is 15.3. The summed E-state index contributed by atoms with van der Waals surface area (Å²) in [5.74, 6) is 0.908. The van der Waals surface area contributed by atoms with Gasteiger partial charge in [-0.15, -0.1) is 5.10 Å². The van der Waals surface area contributed by atoms with Crippen molar-refractivity contribution in [3.05, 3.63) is 47.1 Å². The fraction of sp³-hybridized carbons (Fsp3) is 0.333. The van der Waals surface area contributed by atoms with Crippen molar-refractivity contribution in [2.24, 2.45) is 5.73 Å². The molecule has 1 aromatic carbocycles. The number of anilines is 2. The summed E-state index contributed by atoms with van der Waals surface area (Å²) in [6, 6.07) is 9.92. The fourth-order valence-electron chi connectivity index (χ4n) is 2.63. The number of hydrogen-bond acceptors (Lipinski definition) is 5. The third-order valence-electron chi connectivity index (χ3n) is 3.75. The lowest BCUT2D eigenvalue weighted by atomic mass is 10.2. The maximum Gasteiger partial charge on any atom is 0.155 e. The average molecular weight is 304 g/mol. The van der Waals surface area contributed by atoms with E-state index < -0.39 is 0 Å². The summed E-state index contributed by atoms with van der Waals surface area (Å²) in [5.41, 5.74) is 7.98. The molecule has 0 bridgehead atoms. The van der Waals surface area contributed by atoms with Gasteiger partial charge in [0.15, 0.2) is 5.82 Å². The highest BCUT2D eigenvalue weighted by Crippen LogP contribution is 2.23. The molecule has 0 amide bonds. The van der Waals surface area contributed by atoms with Gasteiger partial charge in [0.2, 0.25) is 0 Å². The molecule has 110 valence electrons. The molecule has 0 saturated carbocycles. The van der Waals surface area contributed by atoms with E-state index in [-0.39, 0.29) is 0 Å². The van der Waals surface area contributed by atoms with Crippen molar-refractivity contribution >= 4 is 23.1 Å². The molecular formula is C15H18ClN5. The van der Waals surface area contributed by atoms with Crippen molar-refractivity contribution in [2.75, 3.05) is 36.0 Å². The predicted octanol–water partition coefficient (Wildman–Crippen LogP) is 1.92. The molecule has 2 N–H and O–H groups in total. The van der Waals surface area contributed by atoms with Gasteiger partial charge in [0.1, 0.15) is 0 Å². The zero-order chi connectivity index (χ0) is 14.7. The molecule has 1 fully saturated rings. The molecule has 5 nitrogen and oxygen atoms in total. The summed E-state index contributed by atoms with van der Waals surface area (Å²) in [6.07, 6.45) is 1.69. The second-order valence-electron chi connectivity index (χ2n) is 5.04. The zero-order valence-electron chi connectivity index (χ0n) is 11.7. The Morgan fingerprint density at radius 2 is 1.86 bits per heavy atom. The minimum Gasteiger partial charge on any atom is -0.368 e. The van der Waals surface area contributed by atoms with Crippen LogP contribution in [-0.2, 0) is 6.54 Å². The third-order valence-corrected chi connectivity index (χ3v) is 3.99. The summed E-state index contributed by atoms with van der Waals surface area (Å²) < 4.78 is 0. The van der Waals surface area contributed by atoms with Crippen LogP contribution in [0.3, 0.4) is 0 Å². The maximum atomic E-state index is 6.06. The van der Waals surface area contributed by atoms with Gasteiger partial charge in [-0.25, -0.2) is 0 Å². The number of rotatable bonds is 3. The number of halogens is 1. The van der Waals surface area contributed by atoms with Gasteiger partial charge in [0, 0.05) is 49.0 Å². The van der Waals surface area contributed by atoms with E-state index >= 15 is 0 Å². The van der Waals surface area contributed by atoms with Crippen molar-refractivity contribution in [1.29, 1.82) is 0 Å². The zero-order valence-corrected chi connectivity index (χ0v) is 12.5. The lowest BCUT2D eigenvalue weighted by molar-refractivity contribution is 0.640. The van der Waals surface area contributed by atoms with Crippen LogP contribution in [0.4, 0.5) is 11.5 Å². The molecule has 0 atom stereocenters. The van der Waals surface area contributed by atoms with Gasteiger partial charge in [-0.3, -0.25) is 0 Å². The van der Waals surface area contributed by atoms with E-state index in [1.165, 1.54) is 5.69 Å². The predicted molar refractivity (Wildman–Crippen MR) is 85.8 cm³/mol. The topological polar surface area (TPSA) is 58.3 Å². The molecule has 1 aliphatic heterocycles. The summed E-state index contributed by atoms with van der Waals surface area (Å²) in [6.45, 7) is 4.15. The molecule has 2 heterocycles. The van der Waals surface area contributed by atoms with Crippen LogP contribution in [0, 0.1) is 0 Å². The number of nitrogens with two attached hydrogens (primary N) is 1. The molecule has 1 aromatic heterocycles. The minimum atomic E-state index is 0.485. The Balaban J connectivity index is 1.70. The van der Waals surface area contributed by atoms with Crippen LogP contribution in [0.5, 0.6) is 0 Å². The fourth-order valence-corrected chi connectivity index (χ4v) is 2.81. The minimum absolute atomic E-state index is 0.485. The van der Waals surface area contributed by atoms with Crippen LogP contribution in [-0.4, -0.2) is 36.4 Å². The Morgan fingerprint density at radius 3 is 2.57 bits per heavy atom. The Bertz CT molecular complexity index is 611. The van der Waals surface area contributed by atoms with Crippen LogP contribution in [0.2, 0.25) is 5.02 Å². The molecule has 21 heavy (non-hydrogen) atoms. The van der Waals surface area contributed by atoms with Crippen LogP contribution in [0.1, 0.15) is 5.56 Å². The van der Waals surface area contributed by atoms with Crippen molar-refractivity contribution in [1.82, 2.24) is 10.2 Å². The Morgan fingerprint density at radius 1 is 1.10 bits per heavy atom. The first-order chi connectivity index (χ1) is 10.3. The monoisotopic (exact) mass is 303 g/mol. The lowest BCUT2D eigenvalue weighted by Crippen LogP contribution is -2.47. The molecule has 0 radical (unpaired) electrons. The Hall–Kier alpha value is -1.85. The molecule has 1 saturated heterocycles. The van der Waals surface area contributed by atoms with Gasteiger partial charge in [0.05, 0.1) is 6.20 Å². The summed E-state index contributed by atoms with van der Waals surface area (Å²) >= 11 is 6.06.